The zero-order valence-electron chi connectivity index (χ0n) is 7.51. The highest BCUT2D eigenvalue weighted by atomic mass is 16.7. The van der Waals surface area contributed by atoms with Crippen molar-refractivity contribution in [3.63, 3.8) is 0 Å². The van der Waals surface area contributed by atoms with Crippen LogP contribution in [0.15, 0.2) is 16.9 Å². The van der Waals surface area contributed by atoms with Crippen molar-refractivity contribution in [2.24, 2.45) is 0 Å². The van der Waals surface area contributed by atoms with Crippen LogP contribution in [-0.4, -0.2) is 36.2 Å². The van der Waals surface area contributed by atoms with Gasteiger partial charge in [-0.1, -0.05) is 0 Å². The van der Waals surface area contributed by atoms with Gasteiger partial charge in [-0.15, -0.1) is 0 Å². The standard InChI is InChI=1S/C4H9NO.C3H2N2O3/c1-3-6-4-2-5-1;6-5(7)3-4-1-2-8-3/h5H,1-4H2;1-2H. The lowest BCUT2D eigenvalue weighted by Gasteiger charge is -2.10. The maximum atomic E-state index is 9.71. The summed E-state index contributed by atoms with van der Waals surface area (Å²) in [5, 5.41) is 12.9. The summed E-state index contributed by atoms with van der Waals surface area (Å²) in [7, 11) is 0. The minimum atomic E-state index is -0.694. The average molecular weight is 201 g/mol. The van der Waals surface area contributed by atoms with E-state index in [0.717, 1.165) is 32.6 Å². The summed E-state index contributed by atoms with van der Waals surface area (Å²) in [5.41, 5.74) is 0. The van der Waals surface area contributed by atoms with Crippen LogP contribution in [0.1, 0.15) is 0 Å². The first-order valence-electron chi connectivity index (χ1n) is 4.13. The molecule has 1 fully saturated rings. The molecule has 1 saturated heterocycles. The molecule has 1 aliphatic heterocycles. The average Bonchev–Trinajstić information content (AvgIpc) is 2.74. The Bertz CT molecular complexity index is 246. The largest absolute Gasteiger partial charge is 0.545 e. The van der Waals surface area contributed by atoms with E-state index in [0.29, 0.717) is 0 Å². The first-order valence-corrected chi connectivity index (χ1v) is 4.13. The molecule has 0 unspecified atom stereocenters. The highest BCUT2D eigenvalue weighted by molar-refractivity contribution is 4.92. The Kier molecular flexibility index (Phi) is 4.59. The van der Waals surface area contributed by atoms with Gasteiger partial charge in [-0.25, -0.2) is 0 Å². The molecular formula is C7H11N3O4. The number of hydrogen-bond acceptors (Lipinski definition) is 6. The van der Waals surface area contributed by atoms with Crippen LogP contribution in [0.2, 0.25) is 0 Å². The van der Waals surface area contributed by atoms with Gasteiger partial charge in [-0.3, -0.25) is 0 Å². The second kappa shape index (κ2) is 6.06. The molecular weight excluding hydrogens is 190 g/mol. The van der Waals surface area contributed by atoms with Gasteiger partial charge in [0, 0.05) is 18.0 Å². The summed E-state index contributed by atoms with van der Waals surface area (Å²) in [6.45, 7) is 3.83. The Balaban J connectivity index is 0.000000146. The van der Waals surface area contributed by atoms with Gasteiger partial charge < -0.3 is 24.6 Å². The number of morpholine rings is 1. The predicted octanol–water partition coefficient (Wildman–Crippen LogP) is 0.189. The molecule has 0 radical (unpaired) electrons. The van der Waals surface area contributed by atoms with Crippen LogP contribution in [-0.2, 0) is 4.74 Å². The van der Waals surface area contributed by atoms with Gasteiger partial charge in [0.2, 0.25) is 0 Å². The van der Waals surface area contributed by atoms with Gasteiger partial charge in [0.05, 0.1) is 13.2 Å². The summed E-state index contributed by atoms with van der Waals surface area (Å²) in [6.07, 6.45) is 2.37. The van der Waals surface area contributed by atoms with Crippen LogP contribution < -0.4 is 5.32 Å². The maximum Gasteiger partial charge on any atom is 0.545 e. The second-order valence-corrected chi connectivity index (χ2v) is 2.43. The molecule has 0 aliphatic carbocycles. The number of rotatable bonds is 1. The number of hydrogen-bond donors (Lipinski definition) is 1. The smallest absolute Gasteiger partial charge is 0.390 e. The van der Waals surface area contributed by atoms with Crippen molar-refractivity contribution in [3.05, 3.63) is 22.6 Å². The molecule has 0 atom stereocenters. The fraction of sp³-hybridized carbons (Fsp3) is 0.571. The summed E-state index contributed by atoms with van der Waals surface area (Å²) in [4.78, 5) is 12.3. The quantitative estimate of drug-likeness (QED) is 0.515. The van der Waals surface area contributed by atoms with E-state index < -0.39 is 10.9 Å². The molecule has 0 aromatic carbocycles. The number of oxazole rings is 1. The van der Waals surface area contributed by atoms with Gasteiger partial charge in [-0.2, -0.15) is 0 Å². The molecule has 0 bridgehead atoms. The highest BCUT2D eigenvalue weighted by Gasteiger charge is 2.07. The number of ether oxygens (including phenoxy) is 1. The molecule has 7 nitrogen and oxygen atoms in total. The number of nitro groups is 1. The molecule has 1 N–H and O–H groups in total. The fourth-order valence-electron chi connectivity index (χ4n) is 0.822. The normalized spacial score (nSPS) is 15.4. The second-order valence-electron chi connectivity index (χ2n) is 2.43. The number of nitrogens with zero attached hydrogens (tertiary/aromatic N) is 2. The lowest BCUT2D eigenvalue weighted by atomic mass is 10.5. The maximum absolute atomic E-state index is 9.71. The summed E-state index contributed by atoms with van der Waals surface area (Å²) < 4.78 is 9.29. The molecule has 2 heterocycles. The Morgan fingerprint density at radius 3 is 2.43 bits per heavy atom. The predicted molar refractivity (Wildman–Crippen MR) is 46.8 cm³/mol. The Labute approximate surface area is 80.2 Å². The van der Waals surface area contributed by atoms with Crippen molar-refractivity contribution in [2.45, 2.75) is 0 Å². The van der Waals surface area contributed by atoms with Gasteiger partial charge >= 0.3 is 6.01 Å². The lowest BCUT2D eigenvalue weighted by Crippen LogP contribution is -2.30. The van der Waals surface area contributed by atoms with Crippen molar-refractivity contribution in [1.82, 2.24) is 10.3 Å². The Morgan fingerprint density at radius 1 is 1.50 bits per heavy atom. The molecule has 14 heavy (non-hydrogen) atoms. The van der Waals surface area contributed by atoms with E-state index >= 15 is 0 Å². The monoisotopic (exact) mass is 201 g/mol. The van der Waals surface area contributed by atoms with Crippen LogP contribution in [0.4, 0.5) is 6.01 Å². The highest BCUT2D eigenvalue weighted by Crippen LogP contribution is 2.02. The molecule has 1 aliphatic rings. The third kappa shape index (κ3) is 3.97. The van der Waals surface area contributed by atoms with E-state index in [-0.39, 0.29) is 0 Å². The van der Waals surface area contributed by atoms with Crippen LogP contribution in [0.5, 0.6) is 0 Å². The van der Waals surface area contributed by atoms with Crippen LogP contribution in [0.3, 0.4) is 0 Å². The third-order valence-electron chi connectivity index (χ3n) is 1.42. The van der Waals surface area contributed by atoms with Crippen LogP contribution in [0.25, 0.3) is 0 Å². The third-order valence-corrected chi connectivity index (χ3v) is 1.42. The van der Waals surface area contributed by atoms with Gasteiger partial charge in [0.1, 0.15) is 6.26 Å². The number of aromatic nitrogens is 1. The van der Waals surface area contributed by atoms with Crippen molar-refractivity contribution in [1.29, 1.82) is 0 Å². The lowest BCUT2D eigenvalue weighted by molar-refractivity contribution is -0.407. The molecule has 1 aromatic heterocycles. The fourth-order valence-corrected chi connectivity index (χ4v) is 0.822. The minimum absolute atomic E-state index is 0.468. The Morgan fingerprint density at radius 2 is 2.21 bits per heavy atom. The van der Waals surface area contributed by atoms with E-state index in [1.807, 2.05) is 0 Å². The van der Waals surface area contributed by atoms with Gasteiger partial charge in [0.15, 0.2) is 6.20 Å². The van der Waals surface area contributed by atoms with Crippen molar-refractivity contribution >= 4 is 6.01 Å². The van der Waals surface area contributed by atoms with Crippen molar-refractivity contribution in [2.75, 3.05) is 26.3 Å². The van der Waals surface area contributed by atoms with E-state index in [1.165, 1.54) is 6.20 Å². The van der Waals surface area contributed by atoms with E-state index in [4.69, 9.17) is 4.74 Å². The molecule has 0 spiro atoms. The van der Waals surface area contributed by atoms with E-state index in [1.54, 1.807) is 0 Å². The molecule has 0 amide bonds. The minimum Gasteiger partial charge on any atom is -0.390 e. The molecule has 0 saturated carbocycles. The van der Waals surface area contributed by atoms with Crippen LogP contribution >= 0.6 is 0 Å². The number of nitrogens with one attached hydrogen (secondary N) is 1. The molecule has 2 rings (SSSR count). The zero-order chi connectivity index (χ0) is 10.2. The summed E-state index contributed by atoms with van der Waals surface area (Å²) in [5.74, 6) is 0. The van der Waals surface area contributed by atoms with E-state index in [9.17, 15) is 10.1 Å². The Hall–Kier alpha value is -1.47. The first-order chi connectivity index (χ1) is 6.80. The van der Waals surface area contributed by atoms with Gasteiger partial charge in [-0.05, 0) is 4.98 Å². The molecule has 7 heteroatoms. The van der Waals surface area contributed by atoms with Crippen molar-refractivity contribution in [3.8, 4) is 0 Å². The topological polar surface area (TPSA) is 90.4 Å². The summed E-state index contributed by atoms with van der Waals surface area (Å²) >= 11 is 0. The summed E-state index contributed by atoms with van der Waals surface area (Å²) in [6, 6.07) is -0.468. The van der Waals surface area contributed by atoms with Gasteiger partial charge in [0.25, 0.3) is 0 Å². The van der Waals surface area contributed by atoms with Crippen molar-refractivity contribution < 1.29 is 14.1 Å². The molecule has 1 aromatic rings. The SMILES string of the molecule is C1COCCN1.O=[N+]([O-])c1ncco1. The zero-order valence-corrected chi connectivity index (χ0v) is 7.51. The van der Waals surface area contributed by atoms with Crippen LogP contribution in [0, 0.1) is 10.1 Å². The first kappa shape index (κ1) is 10.6. The van der Waals surface area contributed by atoms with E-state index in [2.05, 4.69) is 14.7 Å². The molecule has 78 valence electrons.